The number of fused-ring (bicyclic) bond motifs is 1. The molecule has 0 saturated carbocycles. The molecule has 1 aliphatic carbocycles. The van der Waals surface area contributed by atoms with Crippen LogP contribution in [0.25, 0.3) is 0 Å². The average molecular weight is 165 g/mol. The second kappa shape index (κ2) is 2.14. The van der Waals surface area contributed by atoms with Crippen molar-refractivity contribution in [3.8, 4) is 0 Å². The fourth-order valence-electron chi connectivity index (χ4n) is 1.33. The van der Waals surface area contributed by atoms with Crippen molar-refractivity contribution in [3.63, 3.8) is 0 Å². The first-order valence-corrected chi connectivity index (χ1v) is 3.68. The van der Waals surface area contributed by atoms with Crippen LogP contribution < -0.4 is 0 Å². The van der Waals surface area contributed by atoms with Gasteiger partial charge in [-0.05, 0) is 25.2 Å². The third-order valence-electron chi connectivity index (χ3n) is 1.87. The fraction of sp³-hybridized carbons (Fsp3) is 0.222. The molecule has 2 rings (SSSR count). The quantitative estimate of drug-likeness (QED) is 0.579. The Labute approximate surface area is 69.4 Å². The zero-order valence-electron chi connectivity index (χ0n) is 6.58. The summed E-state index contributed by atoms with van der Waals surface area (Å²) in [4.78, 5) is 4.04. The van der Waals surface area contributed by atoms with Crippen LogP contribution in [0.15, 0.2) is 40.6 Å². The number of nitrogens with zero attached hydrogens (tertiary/aromatic N) is 1. The summed E-state index contributed by atoms with van der Waals surface area (Å²) in [6, 6.07) is 0. The van der Waals surface area contributed by atoms with Gasteiger partial charge in [0.25, 0.3) is 5.85 Å². The number of alkyl halides is 1. The molecule has 0 radical (unpaired) electrons. The van der Waals surface area contributed by atoms with Gasteiger partial charge in [0.05, 0.1) is 5.70 Å². The highest BCUT2D eigenvalue weighted by molar-refractivity contribution is 5.98. The summed E-state index contributed by atoms with van der Waals surface area (Å²) in [5, 5.41) is 9.23. The predicted octanol–water partition coefficient (Wildman–Crippen LogP) is 1.50. The molecule has 2 nitrogen and oxygen atoms in total. The molecule has 62 valence electrons. The molecule has 0 spiro atoms. The average Bonchev–Trinajstić information content (AvgIpc) is 2.30. The van der Waals surface area contributed by atoms with E-state index < -0.39 is 5.85 Å². The van der Waals surface area contributed by atoms with Crippen LogP contribution >= 0.6 is 0 Å². The number of halogens is 1. The van der Waals surface area contributed by atoms with E-state index in [1.807, 2.05) is 0 Å². The molecule has 0 aromatic carbocycles. The van der Waals surface area contributed by atoms with Crippen molar-refractivity contribution in [3.05, 3.63) is 35.6 Å². The molecule has 0 saturated heterocycles. The minimum Gasteiger partial charge on any atom is -0.355 e. The molecule has 0 fully saturated rings. The fourth-order valence-corrected chi connectivity index (χ4v) is 1.33. The Morgan fingerprint density at radius 3 is 3.00 bits per heavy atom. The maximum Gasteiger partial charge on any atom is 0.254 e. The van der Waals surface area contributed by atoms with E-state index in [2.05, 4.69) is 4.99 Å². The van der Waals surface area contributed by atoms with Crippen molar-refractivity contribution in [2.75, 3.05) is 0 Å². The highest BCUT2D eigenvalue weighted by Crippen LogP contribution is 2.34. The molecular weight excluding hydrogens is 157 g/mol. The Morgan fingerprint density at radius 2 is 2.33 bits per heavy atom. The standard InChI is InChI=1S/C9H8FNO/c1-6-5-7-8(11-6)3-2-4-9(7,10)12/h2-5,12H,1H3/t9-/m1/s1. The van der Waals surface area contributed by atoms with Gasteiger partial charge in [-0.25, -0.2) is 4.39 Å². The highest BCUT2D eigenvalue weighted by Gasteiger charge is 2.34. The number of hydrogen-bond donors (Lipinski definition) is 1. The maximum atomic E-state index is 13.3. The van der Waals surface area contributed by atoms with E-state index in [9.17, 15) is 9.50 Å². The number of hydrogen-bond acceptors (Lipinski definition) is 2. The summed E-state index contributed by atoms with van der Waals surface area (Å²) < 4.78 is 13.3. The van der Waals surface area contributed by atoms with E-state index in [1.165, 1.54) is 6.08 Å². The number of aliphatic hydroxyl groups is 1. The largest absolute Gasteiger partial charge is 0.355 e. The predicted molar refractivity (Wildman–Crippen MR) is 44.5 cm³/mol. The van der Waals surface area contributed by atoms with Gasteiger partial charge in [-0.3, -0.25) is 4.99 Å². The lowest BCUT2D eigenvalue weighted by Crippen LogP contribution is -2.23. The lowest BCUT2D eigenvalue weighted by atomic mass is 10.00. The lowest BCUT2D eigenvalue weighted by Gasteiger charge is -2.18. The van der Waals surface area contributed by atoms with Gasteiger partial charge in [-0.15, -0.1) is 0 Å². The molecule has 12 heavy (non-hydrogen) atoms. The van der Waals surface area contributed by atoms with E-state index in [-0.39, 0.29) is 5.57 Å². The SMILES string of the molecule is CC1=NC2=CC=C[C@](O)(F)C2=C1. The van der Waals surface area contributed by atoms with Gasteiger partial charge in [-0.2, -0.15) is 0 Å². The smallest absolute Gasteiger partial charge is 0.254 e. The number of rotatable bonds is 0. The first-order chi connectivity index (χ1) is 5.59. The first kappa shape index (κ1) is 7.43. The maximum absolute atomic E-state index is 13.3. The molecule has 3 heteroatoms. The van der Waals surface area contributed by atoms with Crippen molar-refractivity contribution in [2.24, 2.45) is 4.99 Å². The van der Waals surface area contributed by atoms with Crippen LogP contribution in [0.3, 0.4) is 0 Å². The summed E-state index contributed by atoms with van der Waals surface area (Å²) in [6.07, 6.45) is 5.80. The second-order valence-electron chi connectivity index (χ2n) is 2.90. The van der Waals surface area contributed by atoms with E-state index in [1.54, 1.807) is 19.1 Å². The van der Waals surface area contributed by atoms with Crippen molar-refractivity contribution >= 4 is 5.71 Å². The summed E-state index contributed by atoms with van der Waals surface area (Å²) >= 11 is 0. The molecule has 0 bridgehead atoms. The Morgan fingerprint density at radius 1 is 1.58 bits per heavy atom. The van der Waals surface area contributed by atoms with Crippen LogP contribution in [0.2, 0.25) is 0 Å². The molecular formula is C9H8FNO. The van der Waals surface area contributed by atoms with Gasteiger partial charge in [0, 0.05) is 11.3 Å². The van der Waals surface area contributed by atoms with E-state index in [0.717, 1.165) is 11.8 Å². The lowest BCUT2D eigenvalue weighted by molar-refractivity contribution is -0.00334. The number of aliphatic imine (C=N–C) groups is 1. The van der Waals surface area contributed by atoms with Crippen molar-refractivity contribution < 1.29 is 9.50 Å². The zero-order chi connectivity index (χ0) is 8.77. The summed E-state index contributed by atoms with van der Waals surface area (Å²) in [7, 11) is 0. The monoisotopic (exact) mass is 165 g/mol. The molecule has 1 N–H and O–H groups in total. The normalized spacial score (nSPS) is 32.4. The van der Waals surface area contributed by atoms with Gasteiger partial charge in [0.15, 0.2) is 0 Å². The van der Waals surface area contributed by atoms with Crippen molar-refractivity contribution in [2.45, 2.75) is 12.8 Å². The zero-order valence-corrected chi connectivity index (χ0v) is 6.58. The summed E-state index contributed by atoms with van der Waals surface area (Å²) in [5.74, 6) is -2.34. The third-order valence-corrected chi connectivity index (χ3v) is 1.87. The number of allylic oxidation sites excluding steroid dienone is 3. The van der Waals surface area contributed by atoms with Crippen molar-refractivity contribution in [1.82, 2.24) is 0 Å². The van der Waals surface area contributed by atoms with Gasteiger partial charge in [0.1, 0.15) is 0 Å². The Hall–Kier alpha value is -1.22. The minimum absolute atomic E-state index is 0.238. The molecule has 2 aliphatic rings. The van der Waals surface area contributed by atoms with Crippen LogP contribution in [0.1, 0.15) is 6.92 Å². The highest BCUT2D eigenvalue weighted by atomic mass is 19.2. The molecule has 1 aliphatic heterocycles. The van der Waals surface area contributed by atoms with Crippen LogP contribution in [-0.4, -0.2) is 16.7 Å². The van der Waals surface area contributed by atoms with Crippen LogP contribution in [-0.2, 0) is 0 Å². The van der Waals surface area contributed by atoms with E-state index in [0.29, 0.717) is 5.70 Å². The first-order valence-electron chi connectivity index (χ1n) is 3.68. The molecule has 0 amide bonds. The molecule has 0 aromatic rings. The Bertz CT molecular complexity index is 348. The summed E-state index contributed by atoms with van der Waals surface area (Å²) in [6.45, 7) is 1.77. The molecule has 0 aromatic heterocycles. The van der Waals surface area contributed by atoms with Crippen LogP contribution in [0, 0.1) is 0 Å². The van der Waals surface area contributed by atoms with E-state index in [4.69, 9.17) is 0 Å². The Kier molecular flexibility index (Phi) is 1.32. The summed E-state index contributed by atoms with van der Waals surface area (Å²) in [5.41, 5.74) is 1.47. The van der Waals surface area contributed by atoms with Gasteiger partial charge >= 0.3 is 0 Å². The Balaban J connectivity index is 2.51. The van der Waals surface area contributed by atoms with Crippen LogP contribution in [0.5, 0.6) is 0 Å². The minimum atomic E-state index is -2.34. The third kappa shape index (κ3) is 0.940. The van der Waals surface area contributed by atoms with E-state index >= 15 is 0 Å². The second-order valence-corrected chi connectivity index (χ2v) is 2.90. The molecule has 1 heterocycles. The topological polar surface area (TPSA) is 32.6 Å². The van der Waals surface area contributed by atoms with Crippen LogP contribution in [0.4, 0.5) is 4.39 Å². The van der Waals surface area contributed by atoms with Gasteiger partial charge in [0.2, 0.25) is 0 Å². The van der Waals surface area contributed by atoms with Crippen molar-refractivity contribution in [1.29, 1.82) is 0 Å². The molecule has 0 unspecified atom stereocenters. The van der Waals surface area contributed by atoms with Gasteiger partial charge < -0.3 is 5.11 Å². The molecule has 1 atom stereocenters. The van der Waals surface area contributed by atoms with Gasteiger partial charge in [-0.1, -0.05) is 6.08 Å².